The van der Waals surface area contributed by atoms with E-state index in [9.17, 15) is 5.02 Å². The standard InChI is InChI=1S/C8H19BO2/c1-3-5-7-9(10)11-8-6-4-2/h10H,3-8H2,1-2H3. The van der Waals surface area contributed by atoms with Crippen LogP contribution in [0, 0.1) is 0 Å². The summed E-state index contributed by atoms with van der Waals surface area (Å²) in [6, 6.07) is 0. The van der Waals surface area contributed by atoms with Crippen LogP contribution in [0.5, 0.6) is 0 Å². The minimum Gasteiger partial charge on any atom is -0.427 e. The van der Waals surface area contributed by atoms with E-state index in [1.165, 1.54) is 0 Å². The van der Waals surface area contributed by atoms with Crippen LogP contribution in [0.25, 0.3) is 0 Å². The molecule has 2 nitrogen and oxygen atoms in total. The van der Waals surface area contributed by atoms with Crippen molar-refractivity contribution < 1.29 is 9.68 Å². The molecule has 1 N–H and O–H groups in total. The molecule has 3 heteroatoms. The van der Waals surface area contributed by atoms with Gasteiger partial charge in [-0.2, -0.15) is 0 Å². The molecule has 0 aliphatic carbocycles. The molecule has 0 aliphatic rings. The zero-order valence-corrected chi connectivity index (χ0v) is 7.68. The lowest BCUT2D eigenvalue weighted by molar-refractivity contribution is 0.252. The highest BCUT2D eigenvalue weighted by atomic mass is 16.5. The minimum atomic E-state index is -0.526. The average molecular weight is 158 g/mol. The average Bonchev–Trinajstić information content (AvgIpc) is 2.01. The first-order valence-corrected chi connectivity index (χ1v) is 4.61. The third kappa shape index (κ3) is 7.89. The molecule has 0 spiro atoms. The maximum Gasteiger partial charge on any atom is 0.454 e. The van der Waals surface area contributed by atoms with Crippen molar-refractivity contribution in [2.45, 2.75) is 45.9 Å². The maximum absolute atomic E-state index is 9.18. The number of hydrogen-bond acceptors (Lipinski definition) is 2. The van der Waals surface area contributed by atoms with Gasteiger partial charge in [0.25, 0.3) is 0 Å². The van der Waals surface area contributed by atoms with Gasteiger partial charge >= 0.3 is 7.12 Å². The van der Waals surface area contributed by atoms with Gasteiger partial charge in [-0.1, -0.05) is 33.1 Å². The summed E-state index contributed by atoms with van der Waals surface area (Å²) in [6.45, 7) is 4.92. The van der Waals surface area contributed by atoms with Gasteiger partial charge in [-0.05, 0) is 12.7 Å². The van der Waals surface area contributed by atoms with Crippen LogP contribution >= 0.6 is 0 Å². The summed E-state index contributed by atoms with van der Waals surface area (Å²) in [6.07, 6.45) is 5.12. The van der Waals surface area contributed by atoms with E-state index in [-0.39, 0.29) is 0 Å². The molecule has 0 heterocycles. The van der Waals surface area contributed by atoms with Crippen molar-refractivity contribution in [2.75, 3.05) is 6.61 Å². The molecule has 0 fully saturated rings. The molecule has 0 unspecified atom stereocenters. The van der Waals surface area contributed by atoms with Crippen LogP contribution in [0.15, 0.2) is 0 Å². The molecule has 0 radical (unpaired) electrons. The Labute approximate surface area is 70.1 Å². The largest absolute Gasteiger partial charge is 0.454 e. The molecule has 0 aliphatic heterocycles. The van der Waals surface area contributed by atoms with Gasteiger partial charge in [0.2, 0.25) is 0 Å². The van der Waals surface area contributed by atoms with E-state index in [0.29, 0.717) is 6.61 Å². The fourth-order valence-corrected chi connectivity index (χ4v) is 0.826. The van der Waals surface area contributed by atoms with E-state index in [1.807, 2.05) is 0 Å². The Morgan fingerprint density at radius 2 is 1.82 bits per heavy atom. The summed E-state index contributed by atoms with van der Waals surface area (Å²) in [5.74, 6) is 0. The Bertz CT molecular complexity index is 78.5. The lowest BCUT2D eigenvalue weighted by atomic mass is 9.83. The van der Waals surface area contributed by atoms with Gasteiger partial charge in [0.15, 0.2) is 0 Å². The van der Waals surface area contributed by atoms with Crippen LogP contribution < -0.4 is 0 Å². The fourth-order valence-electron chi connectivity index (χ4n) is 0.826. The first kappa shape index (κ1) is 11.0. The molecular formula is C8H19BO2. The fraction of sp³-hybridized carbons (Fsp3) is 1.00. The van der Waals surface area contributed by atoms with Gasteiger partial charge < -0.3 is 9.68 Å². The Hall–Kier alpha value is -0.0151. The van der Waals surface area contributed by atoms with E-state index in [1.54, 1.807) is 0 Å². The summed E-state index contributed by atoms with van der Waals surface area (Å²) in [5, 5.41) is 9.18. The lowest BCUT2D eigenvalue weighted by Crippen LogP contribution is -2.17. The highest BCUT2D eigenvalue weighted by Crippen LogP contribution is 2.00. The molecule has 11 heavy (non-hydrogen) atoms. The van der Waals surface area contributed by atoms with Gasteiger partial charge in [-0.15, -0.1) is 0 Å². The van der Waals surface area contributed by atoms with Crippen molar-refractivity contribution in [1.82, 2.24) is 0 Å². The van der Waals surface area contributed by atoms with Crippen LogP contribution in [0.2, 0.25) is 6.32 Å². The second kappa shape index (κ2) is 8.09. The molecule has 0 saturated heterocycles. The van der Waals surface area contributed by atoms with Crippen molar-refractivity contribution in [3.8, 4) is 0 Å². The second-order valence-electron chi connectivity index (χ2n) is 2.82. The molecule has 0 amide bonds. The molecule has 0 aromatic heterocycles. The molecule has 0 aromatic carbocycles. The topological polar surface area (TPSA) is 29.5 Å². The first-order chi connectivity index (χ1) is 5.31. The SMILES string of the molecule is CCCCOB(O)CCCC. The van der Waals surface area contributed by atoms with Crippen molar-refractivity contribution in [1.29, 1.82) is 0 Å². The summed E-state index contributed by atoms with van der Waals surface area (Å²) in [4.78, 5) is 0. The quantitative estimate of drug-likeness (QED) is 0.454. The summed E-state index contributed by atoms with van der Waals surface area (Å²) < 4.78 is 5.14. The van der Waals surface area contributed by atoms with Crippen molar-refractivity contribution in [3.05, 3.63) is 0 Å². The zero-order chi connectivity index (χ0) is 8.53. The van der Waals surface area contributed by atoms with Gasteiger partial charge in [-0.3, -0.25) is 0 Å². The van der Waals surface area contributed by atoms with Crippen LogP contribution in [0.1, 0.15) is 39.5 Å². The van der Waals surface area contributed by atoms with Crippen LogP contribution in [0.4, 0.5) is 0 Å². The Morgan fingerprint density at radius 3 is 2.36 bits per heavy atom. The molecule has 66 valence electrons. The van der Waals surface area contributed by atoms with Gasteiger partial charge in [0.05, 0.1) is 0 Å². The summed E-state index contributed by atoms with van der Waals surface area (Å²) in [5.41, 5.74) is 0. The smallest absolute Gasteiger partial charge is 0.427 e. The third-order valence-corrected chi connectivity index (χ3v) is 1.61. The van der Waals surface area contributed by atoms with E-state index in [4.69, 9.17) is 4.65 Å². The maximum atomic E-state index is 9.18. The molecular weight excluding hydrogens is 139 g/mol. The Balaban J connectivity index is 3.02. The van der Waals surface area contributed by atoms with Gasteiger partial charge in [0, 0.05) is 6.61 Å². The molecule has 0 saturated carbocycles. The third-order valence-electron chi connectivity index (χ3n) is 1.61. The van der Waals surface area contributed by atoms with Gasteiger partial charge in [-0.25, -0.2) is 0 Å². The highest BCUT2D eigenvalue weighted by molar-refractivity contribution is 6.42. The predicted octanol–water partition coefficient (Wildman–Crippen LogP) is 2.08. The van der Waals surface area contributed by atoms with E-state index in [0.717, 1.165) is 32.0 Å². The number of unbranched alkanes of at least 4 members (excludes halogenated alkanes) is 2. The Kier molecular flexibility index (Phi) is 8.07. The van der Waals surface area contributed by atoms with Crippen LogP contribution in [-0.2, 0) is 4.65 Å². The number of hydrogen-bond donors (Lipinski definition) is 1. The zero-order valence-electron chi connectivity index (χ0n) is 7.68. The second-order valence-corrected chi connectivity index (χ2v) is 2.82. The first-order valence-electron chi connectivity index (χ1n) is 4.61. The molecule has 0 rings (SSSR count). The van der Waals surface area contributed by atoms with Crippen molar-refractivity contribution in [2.24, 2.45) is 0 Å². The minimum absolute atomic E-state index is 0.526. The Morgan fingerprint density at radius 1 is 1.18 bits per heavy atom. The molecule has 0 atom stereocenters. The van der Waals surface area contributed by atoms with Crippen LogP contribution in [-0.4, -0.2) is 18.7 Å². The predicted molar refractivity (Wildman–Crippen MR) is 48.5 cm³/mol. The summed E-state index contributed by atoms with van der Waals surface area (Å²) >= 11 is 0. The monoisotopic (exact) mass is 158 g/mol. The lowest BCUT2D eigenvalue weighted by Gasteiger charge is -2.05. The van der Waals surface area contributed by atoms with E-state index < -0.39 is 7.12 Å². The number of rotatable bonds is 7. The van der Waals surface area contributed by atoms with Crippen LogP contribution in [0.3, 0.4) is 0 Å². The van der Waals surface area contributed by atoms with E-state index in [2.05, 4.69) is 13.8 Å². The summed E-state index contributed by atoms with van der Waals surface area (Å²) in [7, 11) is -0.526. The van der Waals surface area contributed by atoms with E-state index >= 15 is 0 Å². The highest BCUT2D eigenvalue weighted by Gasteiger charge is 2.10. The normalized spacial score (nSPS) is 10.1. The van der Waals surface area contributed by atoms with Crippen molar-refractivity contribution >= 4 is 7.12 Å². The molecule has 0 bridgehead atoms. The van der Waals surface area contributed by atoms with Gasteiger partial charge in [0.1, 0.15) is 0 Å². The molecule has 0 aromatic rings. The van der Waals surface area contributed by atoms with Crippen molar-refractivity contribution in [3.63, 3.8) is 0 Å².